The van der Waals surface area contributed by atoms with Crippen LogP contribution in [0.2, 0.25) is 10.0 Å². The molecule has 1 aliphatic carbocycles. The molecule has 0 aliphatic heterocycles. The predicted octanol–water partition coefficient (Wildman–Crippen LogP) is 4.51. The summed E-state index contributed by atoms with van der Waals surface area (Å²) in [5.74, 6) is 0. The van der Waals surface area contributed by atoms with Gasteiger partial charge in [-0.15, -0.1) is 0 Å². The van der Waals surface area contributed by atoms with Gasteiger partial charge in [0.05, 0.1) is 22.2 Å². The van der Waals surface area contributed by atoms with Crippen molar-refractivity contribution in [1.29, 1.82) is 0 Å². The lowest BCUT2D eigenvalue weighted by Crippen LogP contribution is -2.48. The zero-order valence-corrected chi connectivity index (χ0v) is 13.5. The minimum Gasteiger partial charge on any atom is -0.394 e. The van der Waals surface area contributed by atoms with Gasteiger partial charge in [-0.3, -0.25) is 0 Å². The smallest absolute Gasteiger partial charge is 0.0657 e. The number of halogens is 2. The summed E-state index contributed by atoms with van der Waals surface area (Å²) in [7, 11) is 0. The van der Waals surface area contributed by atoms with Crippen LogP contribution in [0.4, 0.5) is 0 Å². The number of nitrogens with one attached hydrogen (secondary N) is 1. The van der Waals surface area contributed by atoms with Crippen LogP contribution in [-0.4, -0.2) is 17.8 Å². The zero-order valence-electron chi connectivity index (χ0n) is 12.0. The normalized spacial score (nSPS) is 20.4. The molecular weight excluding hydrogens is 293 g/mol. The maximum atomic E-state index is 9.89. The Kier molecular flexibility index (Phi) is 5.74. The van der Waals surface area contributed by atoms with Crippen molar-refractivity contribution in [3.63, 3.8) is 0 Å². The first kappa shape index (κ1) is 16.1. The molecule has 0 radical (unpaired) electrons. The molecule has 0 aromatic heterocycles. The molecule has 112 valence electrons. The minimum absolute atomic E-state index is 0.00353. The summed E-state index contributed by atoms with van der Waals surface area (Å²) >= 11 is 12.4. The monoisotopic (exact) mass is 315 g/mol. The molecule has 0 amide bonds. The highest BCUT2D eigenvalue weighted by Crippen LogP contribution is 2.34. The average molecular weight is 316 g/mol. The number of hydrogen-bond acceptors (Lipinski definition) is 2. The van der Waals surface area contributed by atoms with E-state index in [1.807, 2.05) is 19.1 Å². The zero-order chi connectivity index (χ0) is 14.6. The second kappa shape index (κ2) is 7.13. The van der Waals surface area contributed by atoms with E-state index in [1.54, 1.807) is 6.07 Å². The minimum atomic E-state index is -0.545. The first-order valence-electron chi connectivity index (χ1n) is 7.40. The summed E-state index contributed by atoms with van der Waals surface area (Å²) in [6, 6.07) is 6.03. The SMILES string of the molecule is CC(CO)(NC1CCCCCC1)c1cccc(Cl)c1Cl. The van der Waals surface area contributed by atoms with Crippen molar-refractivity contribution in [2.75, 3.05) is 6.61 Å². The Balaban J connectivity index is 2.21. The van der Waals surface area contributed by atoms with Crippen LogP contribution < -0.4 is 5.32 Å². The Hall–Kier alpha value is -0.280. The molecule has 4 heteroatoms. The molecule has 1 aromatic rings. The Morgan fingerprint density at radius 2 is 1.85 bits per heavy atom. The van der Waals surface area contributed by atoms with E-state index < -0.39 is 5.54 Å². The van der Waals surface area contributed by atoms with Gasteiger partial charge in [0, 0.05) is 6.04 Å². The van der Waals surface area contributed by atoms with E-state index >= 15 is 0 Å². The Morgan fingerprint density at radius 3 is 2.45 bits per heavy atom. The third kappa shape index (κ3) is 3.67. The number of benzene rings is 1. The molecule has 0 saturated heterocycles. The predicted molar refractivity (Wildman–Crippen MR) is 85.5 cm³/mol. The molecule has 0 heterocycles. The van der Waals surface area contributed by atoms with Gasteiger partial charge < -0.3 is 10.4 Å². The summed E-state index contributed by atoms with van der Waals surface area (Å²) in [4.78, 5) is 0. The second-order valence-corrected chi connectivity index (χ2v) is 6.71. The fourth-order valence-electron chi connectivity index (χ4n) is 3.01. The van der Waals surface area contributed by atoms with Gasteiger partial charge in [0.2, 0.25) is 0 Å². The van der Waals surface area contributed by atoms with Crippen LogP contribution in [0.25, 0.3) is 0 Å². The van der Waals surface area contributed by atoms with Gasteiger partial charge in [-0.25, -0.2) is 0 Å². The number of rotatable bonds is 4. The highest BCUT2D eigenvalue weighted by atomic mass is 35.5. The molecule has 1 unspecified atom stereocenters. The van der Waals surface area contributed by atoms with Gasteiger partial charge in [0.25, 0.3) is 0 Å². The van der Waals surface area contributed by atoms with Crippen LogP contribution in [0.1, 0.15) is 51.0 Å². The Morgan fingerprint density at radius 1 is 1.20 bits per heavy atom. The van der Waals surface area contributed by atoms with Crippen LogP contribution in [0.15, 0.2) is 18.2 Å². The van der Waals surface area contributed by atoms with Gasteiger partial charge in [0.15, 0.2) is 0 Å². The fraction of sp³-hybridized carbons (Fsp3) is 0.625. The lowest BCUT2D eigenvalue weighted by Gasteiger charge is -2.35. The van der Waals surface area contributed by atoms with E-state index in [0.29, 0.717) is 16.1 Å². The molecule has 0 spiro atoms. The summed E-state index contributed by atoms with van der Waals surface area (Å²) in [6.07, 6.45) is 7.45. The molecule has 0 bridgehead atoms. The summed E-state index contributed by atoms with van der Waals surface area (Å²) in [5, 5.41) is 14.6. The molecule has 2 N–H and O–H groups in total. The molecule has 1 aliphatic rings. The topological polar surface area (TPSA) is 32.3 Å². The van der Waals surface area contributed by atoms with Crippen molar-refractivity contribution < 1.29 is 5.11 Å². The van der Waals surface area contributed by atoms with E-state index in [2.05, 4.69) is 5.32 Å². The van der Waals surface area contributed by atoms with Gasteiger partial charge in [-0.1, -0.05) is 61.0 Å². The van der Waals surface area contributed by atoms with Crippen molar-refractivity contribution >= 4 is 23.2 Å². The largest absolute Gasteiger partial charge is 0.394 e. The van der Waals surface area contributed by atoms with Crippen molar-refractivity contribution in [3.8, 4) is 0 Å². The highest BCUT2D eigenvalue weighted by molar-refractivity contribution is 6.42. The maximum absolute atomic E-state index is 9.89. The van der Waals surface area contributed by atoms with Crippen LogP contribution >= 0.6 is 23.2 Å². The lowest BCUT2D eigenvalue weighted by atomic mass is 9.90. The number of aliphatic hydroxyl groups excluding tert-OH is 1. The molecule has 1 fully saturated rings. The molecule has 1 aromatic carbocycles. The van der Waals surface area contributed by atoms with Gasteiger partial charge in [-0.2, -0.15) is 0 Å². The number of hydrogen-bond donors (Lipinski definition) is 2. The molecule has 1 atom stereocenters. The average Bonchev–Trinajstić information content (AvgIpc) is 2.70. The lowest BCUT2D eigenvalue weighted by molar-refractivity contribution is 0.157. The van der Waals surface area contributed by atoms with Gasteiger partial charge in [-0.05, 0) is 31.4 Å². The number of aliphatic hydroxyl groups is 1. The van der Waals surface area contributed by atoms with Crippen LogP contribution in [-0.2, 0) is 5.54 Å². The first-order valence-corrected chi connectivity index (χ1v) is 8.15. The second-order valence-electron chi connectivity index (χ2n) is 5.92. The Bertz CT molecular complexity index is 444. The third-order valence-corrected chi connectivity index (χ3v) is 5.06. The Labute approximate surface area is 131 Å². The quantitative estimate of drug-likeness (QED) is 0.801. The van der Waals surface area contributed by atoms with E-state index in [-0.39, 0.29) is 6.61 Å². The summed E-state index contributed by atoms with van der Waals surface area (Å²) in [6.45, 7) is 2.00. The van der Waals surface area contributed by atoms with Crippen LogP contribution in [0.5, 0.6) is 0 Å². The van der Waals surface area contributed by atoms with Gasteiger partial charge >= 0.3 is 0 Å². The van der Waals surface area contributed by atoms with E-state index in [1.165, 1.54) is 25.7 Å². The molecule has 2 rings (SSSR count). The standard InChI is InChI=1S/C16H23Cl2NO/c1-16(11-20,13-9-6-10-14(17)15(13)18)19-12-7-4-2-3-5-8-12/h6,9-10,12,19-20H,2-5,7-8,11H2,1H3. The van der Waals surface area contributed by atoms with E-state index in [0.717, 1.165) is 18.4 Å². The molecule has 1 saturated carbocycles. The molecular formula is C16H23Cl2NO. The maximum Gasteiger partial charge on any atom is 0.0657 e. The van der Waals surface area contributed by atoms with Gasteiger partial charge in [0.1, 0.15) is 0 Å². The summed E-state index contributed by atoms with van der Waals surface area (Å²) in [5.41, 5.74) is 0.329. The molecule has 2 nitrogen and oxygen atoms in total. The van der Waals surface area contributed by atoms with Crippen molar-refractivity contribution in [3.05, 3.63) is 33.8 Å². The van der Waals surface area contributed by atoms with Crippen molar-refractivity contribution in [2.24, 2.45) is 0 Å². The van der Waals surface area contributed by atoms with Crippen molar-refractivity contribution in [1.82, 2.24) is 5.32 Å². The van der Waals surface area contributed by atoms with E-state index in [4.69, 9.17) is 23.2 Å². The van der Waals surface area contributed by atoms with Crippen LogP contribution in [0, 0.1) is 0 Å². The molecule has 20 heavy (non-hydrogen) atoms. The van der Waals surface area contributed by atoms with Crippen molar-refractivity contribution in [2.45, 2.75) is 57.0 Å². The highest BCUT2D eigenvalue weighted by Gasteiger charge is 2.31. The third-order valence-electron chi connectivity index (χ3n) is 4.24. The first-order chi connectivity index (χ1) is 9.57. The fourth-order valence-corrected chi connectivity index (χ4v) is 3.52. The van der Waals surface area contributed by atoms with E-state index in [9.17, 15) is 5.11 Å². The summed E-state index contributed by atoms with van der Waals surface area (Å²) < 4.78 is 0. The van der Waals surface area contributed by atoms with Crippen LogP contribution in [0.3, 0.4) is 0 Å².